The SMILES string of the molecule is Cl.NC(CC(F)(F)Cc1ccccc1)C(=O)O. The first kappa shape index (κ1) is 15.8. The average molecular weight is 266 g/mol. The topological polar surface area (TPSA) is 63.3 Å². The van der Waals surface area contributed by atoms with Gasteiger partial charge in [0, 0.05) is 12.8 Å². The van der Waals surface area contributed by atoms with Crippen LogP contribution in [0.3, 0.4) is 0 Å². The Balaban J connectivity index is 0.00000256. The highest BCUT2D eigenvalue weighted by Gasteiger charge is 2.34. The molecule has 3 nitrogen and oxygen atoms in total. The van der Waals surface area contributed by atoms with E-state index in [-0.39, 0.29) is 12.4 Å². The molecule has 1 rings (SSSR count). The second-order valence-electron chi connectivity index (χ2n) is 3.67. The lowest BCUT2D eigenvalue weighted by atomic mass is 10.0. The van der Waals surface area contributed by atoms with E-state index < -0.39 is 30.8 Å². The van der Waals surface area contributed by atoms with Crippen molar-refractivity contribution in [2.24, 2.45) is 5.73 Å². The lowest BCUT2D eigenvalue weighted by Crippen LogP contribution is -2.37. The molecule has 0 aliphatic carbocycles. The molecule has 0 aromatic heterocycles. The Morgan fingerprint density at radius 3 is 2.35 bits per heavy atom. The van der Waals surface area contributed by atoms with Gasteiger partial charge in [-0.15, -0.1) is 12.4 Å². The summed E-state index contributed by atoms with van der Waals surface area (Å²) in [7, 11) is 0. The molecule has 0 saturated carbocycles. The molecule has 0 bridgehead atoms. The quantitative estimate of drug-likeness (QED) is 0.857. The molecular weight excluding hydrogens is 252 g/mol. The van der Waals surface area contributed by atoms with Gasteiger partial charge in [-0.25, -0.2) is 8.78 Å². The molecular formula is C11H14ClF2NO2. The Hall–Kier alpha value is -1.20. The van der Waals surface area contributed by atoms with Gasteiger partial charge in [0.05, 0.1) is 0 Å². The molecule has 0 amide bonds. The minimum atomic E-state index is -3.10. The van der Waals surface area contributed by atoms with Gasteiger partial charge in [0.1, 0.15) is 6.04 Å². The van der Waals surface area contributed by atoms with Crippen molar-refractivity contribution in [3.05, 3.63) is 35.9 Å². The standard InChI is InChI=1S/C11H13F2NO2.ClH/c12-11(13,7-9(14)10(15)16)6-8-4-2-1-3-5-8;/h1-5,9H,6-7,14H2,(H,15,16);1H. The fourth-order valence-electron chi connectivity index (χ4n) is 1.38. The van der Waals surface area contributed by atoms with Crippen molar-refractivity contribution in [3.63, 3.8) is 0 Å². The van der Waals surface area contributed by atoms with Gasteiger partial charge in [-0.2, -0.15) is 0 Å². The largest absolute Gasteiger partial charge is 0.480 e. The van der Waals surface area contributed by atoms with E-state index in [2.05, 4.69) is 0 Å². The van der Waals surface area contributed by atoms with Crippen LogP contribution >= 0.6 is 12.4 Å². The number of nitrogens with two attached hydrogens (primary N) is 1. The summed E-state index contributed by atoms with van der Waals surface area (Å²) in [5.74, 6) is -4.51. The smallest absolute Gasteiger partial charge is 0.320 e. The summed E-state index contributed by atoms with van der Waals surface area (Å²) in [5, 5.41) is 8.45. The van der Waals surface area contributed by atoms with Crippen molar-refractivity contribution in [2.45, 2.75) is 24.8 Å². The number of carboxylic acid groups (broad SMARTS) is 1. The van der Waals surface area contributed by atoms with Crippen LogP contribution in [0.5, 0.6) is 0 Å². The summed E-state index contributed by atoms with van der Waals surface area (Å²) in [6.07, 6.45) is -1.34. The van der Waals surface area contributed by atoms with Crippen LogP contribution in [0.1, 0.15) is 12.0 Å². The number of halogens is 3. The van der Waals surface area contributed by atoms with E-state index in [9.17, 15) is 13.6 Å². The molecule has 0 aliphatic heterocycles. The summed E-state index contributed by atoms with van der Waals surface area (Å²) in [4.78, 5) is 10.4. The van der Waals surface area contributed by atoms with Crippen LogP contribution in [0.15, 0.2) is 30.3 Å². The highest BCUT2D eigenvalue weighted by molar-refractivity contribution is 5.85. The number of hydrogen-bond acceptors (Lipinski definition) is 2. The first-order chi connectivity index (χ1) is 7.41. The number of rotatable bonds is 5. The number of aliphatic carboxylic acids is 1. The normalized spacial score (nSPS) is 12.6. The van der Waals surface area contributed by atoms with Gasteiger partial charge >= 0.3 is 5.97 Å². The van der Waals surface area contributed by atoms with Crippen molar-refractivity contribution in [1.29, 1.82) is 0 Å². The molecule has 0 fully saturated rings. The van der Waals surface area contributed by atoms with Crippen LogP contribution in [0, 0.1) is 0 Å². The monoisotopic (exact) mass is 265 g/mol. The van der Waals surface area contributed by atoms with E-state index in [1.165, 1.54) is 0 Å². The summed E-state index contributed by atoms with van der Waals surface area (Å²) >= 11 is 0. The van der Waals surface area contributed by atoms with Crippen molar-refractivity contribution < 1.29 is 18.7 Å². The predicted octanol–water partition coefficient (Wildman–Crippen LogP) is 2.09. The molecule has 1 aromatic rings. The van der Waals surface area contributed by atoms with Gasteiger partial charge in [-0.3, -0.25) is 4.79 Å². The molecule has 0 saturated heterocycles. The predicted molar refractivity (Wildman–Crippen MR) is 62.6 cm³/mol. The molecule has 17 heavy (non-hydrogen) atoms. The second kappa shape index (κ2) is 6.51. The van der Waals surface area contributed by atoms with Gasteiger partial charge in [0.2, 0.25) is 0 Å². The maximum Gasteiger partial charge on any atom is 0.320 e. The van der Waals surface area contributed by atoms with Crippen molar-refractivity contribution in [2.75, 3.05) is 0 Å². The molecule has 1 unspecified atom stereocenters. The van der Waals surface area contributed by atoms with Gasteiger partial charge < -0.3 is 10.8 Å². The van der Waals surface area contributed by atoms with E-state index >= 15 is 0 Å². The number of benzene rings is 1. The summed E-state index contributed by atoms with van der Waals surface area (Å²) in [5.41, 5.74) is 5.54. The highest BCUT2D eigenvalue weighted by Crippen LogP contribution is 2.25. The number of hydrogen-bond donors (Lipinski definition) is 2. The van der Waals surface area contributed by atoms with E-state index in [0.717, 1.165) is 0 Å². The van der Waals surface area contributed by atoms with E-state index in [1.807, 2.05) is 0 Å². The average Bonchev–Trinajstić information content (AvgIpc) is 2.17. The maximum atomic E-state index is 13.4. The van der Waals surface area contributed by atoms with Crippen LogP contribution < -0.4 is 5.73 Å². The third-order valence-electron chi connectivity index (χ3n) is 2.14. The molecule has 0 heterocycles. The molecule has 6 heteroatoms. The molecule has 3 N–H and O–H groups in total. The van der Waals surface area contributed by atoms with E-state index in [4.69, 9.17) is 10.8 Å². The molecule has 0 aliphatic rings. The van der Waals surface area contributed by atoms with Gasteiger partial charge in [0.15, 0.2) is 0 Å². The van der Waals surface area contributed by atoms with Crippen molar-refractivity contribution in [3.8, 4) is 0 Å². The van der Waals surface area contributed by atoms with Crippen LogP contribution in [0.2, 0.25) is 0 Å². The van der Waals surface area contributed by atoms with E-state index in [1.54, 1.807) is 30.3 Å². The third kappa shape index (κ3) is 5.60. The molecule has 0 radical (unpaired) electrons. The van der Waals surface area contributed by atoms with Crippen LogP contribution in [-0.2, 0) is 11.2 Å². The van der Waals surface area contributed by atoms with Crippen LogP contribution in [0.4, 0.5) is 8.78 Å². The maximum absolute atomic E-state index is 13.4. The minimum Gasteiger partial charge on any atom is -0.480 e. The fourth-order valence-corrected chi connectivity index (χ4v) is 1.38. The van der Waals surface area contributed by atoms with E-state index in [0.29, 0.717) is 5.56 Å². The zero-order valence-corrected chi connectivity index (χ0v) is 9.79. The molecule has 1 aromatic carbocycles. The number of carboxylic acids is 1. The minimum absolute atomic E-state index is 0. The van der Waals surface area contributed by atoms with Crippen molar-refractivity contribution in [1.82, 2.24) is 0 Å². The summed E-state index contributed by atoms with van der Waals surface area (Å²) < 4.78 is 26.8. The Labute approximate surface area is 104 Å². The van der Waals surface area contributed by atoms with Gasteiger partial charge in [0.25, 0.3) is 5.92 Å². The Morgan fingerprint density at radius 1 is 1.35 bits per heavy atom. The number of carbonyl (C=O) groups is 1. The molecule has 96 valence electrons. The van der Waals surface area contributed by atoms with Gasteiger partial charge in [-0.1, -0.05) is 30.3 Å². The Kier molecular flexibility index (Phi) is 6.05. The third-order valence-corrected chi connectivity index (χ3v) is 2.14. The molecule has 1 atom stereocenters. The van der Waals surface area contributed by atoms with Crippen LogP contribution in [0.25, 0.3) is 0 Å². The first-order valence-electron chi connectivity index (χ1n) is 4.81. The Bertz CT molecular complexity index is 360. The lowest BCUT2D eigenvalue weighted by molar-refractivity contribution is -0.141. The second-order valence-corrected chi connectivity index (χ2v) is 3.67. The Morgan fingerprint density at radius 2 is 1.88 bits per heavy atom. The van der Waals surface area contributed by atoms with Crippen LogP contribution in [-0.4, -0.2) is 23.0 Å². The summed E-state index contributed by atoms with van der Waals surface area (Å²) in [6, 6.07) is 6.65. The molecule has 0 spiro atoms. The zero-order chi connectivity index (χ0) is 12.2. The van der Waals surface area contributed by atoms with Gasteiger partial charge in [-0.05, 0) is 5.56 Å². The number of alkyl halides is 2. The fraction of sp³-hybridized carbons (Fsp3) is 0.364. The summed E-state index contributed by atoms with van der Waals surface area (Å²) in [6.45, 7) is 0. The van der Waals surface area contributed by atoms with Crippen molar-refractivity contribution >= 4 is 18.4 Å². The first-order valence-corrected chi connectivity index (χ1v) is 4.81. The zero-order valence-electron chi connectivity index (χ0n) is 8.98. The highest BCUT2D eigenvalue weighted by atomic mass is 35.5. The lowest BCUT2D eigenvalue weighted by Gasteiger charge is -2.18.